The highest BCUT2D eigenvalue weighted by atomic mass is 32.2. The molecule has 0 aromatic carbocycles. The van der Waals surface area contributed by atoms with Crippen LogP contribution in [0.25, 0.3) is 0 Å². The summed E-state index contributed by atoms with van der Waals surface area (Å²) in [6.07, 6.45) is 2.79. The first kappa shape index (κ1) is 12.0. The lowest BCUT2D eigenvalue weighted by Gasteiger charge is -2.06. The van der Waals surface area contributed by atoms with E-state index in [4.69, 9.17) is 11.1 Å². The first-order valence-corrected chi connectivity index (χ1v) is 5.92. The fourth-order valence-corrected chi connectivity index (χ4v) is 1.86. The molecule has 1 aromatic rings. The van der Waals surface area contributed by atoms with Crippen molar-refractivity contribution in [3.63, 3.8) is 0 Å². The van der Waals surface area contributed by atoms with Crippen LogP contribution in [0.3, 0.4) is 0 Å². The van der Waals surface area contributed by atoms with Crippen LogP contribution in [0.4, 0.5) is 0 Å². The van der Waals surface area contributed by atoms with Gasteiger partial charge in [-0.05, 0) is 12.0 Å². The Labute approximate surface area is 94.2 Å². The summed E-state index contributed by atoms with van der Waals surface area (Å²) in [6.45, 7) is 4.36. The first-order chi connectivity index (χ1) is 7.13. The third-order valence-electron chi connectivity index (χ3n) is 2.10. The fraction of sp³-hybridized carbons (Fsp3) is 0.500. The molecule has 1 heterocycles. The van der Waals surface area contributed by atoms with Gasteiger partial charge in [0, 0.05) is 11.9 Å². The fourth-order valence-electron chi connectivity index (χ4n) is 0.895. The molecule has 1 aromatic heterocycles. The van der Waals surface area contributed by atoms with E-state index in [1.807, 2.05) is 0 Å². The predicted octanol–water partition coefficient (Wildman–Crippen LogP) is 1.90. The number of hydrogen-bond acceptors (Lipinski definition) is 4. The number of hydrogen-bond donors (Lipinski definition) is 2. The smallest absolute Gasteiger partial charge is 0.188 e. The molecule has 0 bridgehead atoms. The van der Waals surface area contributed by atoms with Gasteiger partial charge in [0.1, 0.15) is 11.5 Å². The molecule has 4 nitrogen and oxygen atoms in total. The van der Waals surface area contributed by atoms with Crippen molar-refractivity contribution in [2.24, 2.45) is 11.7 Å². The van der Waals surface area contributed by atoms with Crippen LogP contribution in [0.1, 0.15) is 26.0 Å². The van der Waals surface area contributed by atoms with Gasteiger partial charge in [-0.25, -0.2) is 9.97 Å². The van der Waals surface area contributed by atoms with Crippen LogP contribution < -0.4 is 5.73 Å². The summed E-state index contributed by atoms with van der Waals surface area (Å²) in [6, 6.07) is 1.65. The minimum atomic E-state index is -0.0113. The van der Waals surface area contributed by atoms with Crippen molar-refractivity contribution in [1.29, 1.82) is 5.41 Å². The van der Waals surface area contributed by atoms with Gasteiger partial charge in [-0.15, -0.1) is 0 Å². The van der Waals surface area contributed by atoms with Gasteiger partial charge < -0.3 is 5.73 Å². The van der Waals surface area contributed by atoms with E-state index in [0.29, 0.717) is 16.8 Å². The van der Waals surface area contributed by atoms with Crippen molar-refractivity contribution >= 4 is 17.6 Å². The van der Waals surface area contributed by atoms with E-state index in [1.165, 1.54) is 0 Å². The van der Waals surface area contributed by atoms with E-state index in [0.717, 1.165) is 12.2 Å². The molecule has 5 heteroatoms. The van der Waals surface area contributed by atoms with Gasteiger partial charge in [-0.1, -0.05) is 32.0 Å². The Morgan fingerprint density at radius 1 is 1.67 bits per heavy atom. The van der Waals surface area contributed by atoms with Gasteiger partial charge in [-0.2, -0.15) is 0 Å². The second kappa shape index (κ2) is 5.70. The zero-order chi connectivity index (χ0) is 11.3. The molecule has 1 unspecified atom stereocenters. The standard InChI is InChI=1S/C10H16N4S/c1-3-7(2)6-15-10-13-5-4-8(14-10)9(11)12/h4-5,7H,3,6H2,1-2H3,(H3,11,12). The minimum absolute atomic E-state index is 0.0113. The Bertz CT molecular complexity index is 340. The monoisotopic (exact) mass is 224 g/mol. The molecule has 82 valence electrons. The van der Waals surface area contributed by atoms with Gasteiger partial charge in [0.2, 0.25) is 0 Å². The van der Waals surface area contributed by atoms with Crippen molar-refractivity contribution < 1.29 is 0 Å². The first-order valence-electron chi connectivity index (χ1n) is 4.93. The molecule has 0 aliphatic rings. The molecule has 0 aliphatic heterocycles. The summed E-state index contributed by atoms with van der Waals surface area (Å²) < 4.78 is 0. The van der Waals surface area contributed by atoms with Gasteiger partial charge in [0.05, 0.1) is 0 Å². The number of rotatable bonds is 5. The Hall–Kier alpha value is -1.10. The summed E-state index contributed by atoms with van der Waals surface area (Å²) >= 11 is 1.61. The van der Waals surface area contributed by atoms with E-state index < -0.39 is 0 Å². The number of amidine groups is 1. The third-order valence-corrected chi connectivity index (χ3v) is 3.29. The molecule has 0 spiro atoms. The number of nitrogens with zero attached hydrogens (tertiary/aromatic N) is 2. The molecular formula is C10H16N4S. The Morgan fingerprint density at radius 2 is 2.40 bits per heavy atom. The third kappa shape index (κ3) is 3.87. The SMILES string of the molecule is CCC(C)CSc1nccc(C(=N)N)n1. The van der Waals surface area contributed by atoms with E-state index in [-0.39, 0.29) is 5.84 Å². The van der Waals surface area contributed by atoms with Crippen LogP contribution in [0.2, 0.25) is 0 Å². The number of nitrogen functional groups attached to an aromatic ring is 1. The second-order valence-electron chi connectivity index (χ2n) is 3.46. The van der Waals surface area contributed by atoms with Crippen LogP contribution in [0.5, 0.6) is 0 Å². The maximum atomic E-state index is 7.26. The Balaban J connectivity index is 2.62. The molecule has 0 amide bonds. The largest absolute Gasteiger partial charge is 0.382 e. The summed E-state index contributed by atoms with van der Waals surface area (Å²) in [4.78, 5) is 8.31. The number of thioether (sulfide) groups is 1. The summed E-state index contributed by atoms with van der Waals surface area (Å²) in [5.74, 6) is 1.64. The molecule has 0 aliphatic carbocycles. The van der Waals surface area contributed by atoms with Crippen molar-refractivity contribution in [3.8, 4) is 0 Å². The maximum absolute atomic E-state index is 7.26. The van der Waals surface area contributed by atoms with Crippen LogP contribution in [0.15, 0.2) is 17.4 Å². The zero-order valence-corrected chi connectivity index (χ0v) is 9.84. The molecule has 1 rings (SSSR count). The van der Waals surface area contributed by atoms with Crippen LogP contribution >= 0.6 is 11.8 Å². The zero-order valence-electron chi connectivity index (χ0n) is 9.03. The van der Waals surface area contributed by atoms with Gasteiger partial charge >= 0.3 is 0 Å². The normalized spacial score (nSPS) is 12.4. The number of aromatic nitrogens is 2. The quantitative estimate of drug-likeness (QED) is 0.346. The Kier molecular flexibility index (Phi) is 4.55. The molecular weight excluding hydrogens is 208 g/mol. The highest BCUT2D eigenvalue weighted by molar-refractivity contribution is 7.99. The molecule has 3 N–H and O–H groups in total. The van der Waals surface area contributed by atoms with E-state index in [9.17, 15) is 0 Å². The number of nitrogens with two attached hydrogens (primary N) is 1. The highest BCUT2D eigenvalue weighted by Gasteiger charge is 2.04. The average molecular weight is 224 g/mol. The minimum Gasteiger partial charge on any atom is -0.382 e. The molecule has 0 saturated heterocycles. The molecule has 0 fully saturated rings. The van der Waals surface area contributed by atoms with Gasteiger partial charge in [-0.3, -0.25) is 5.41 Å². The van der Waals surface area contributed by atoms with E-state index in [1.54, 1.807) is 24.0 Å². The summed E-state index contributed by atoms with van der Waals surface area (Å²) in [5, 5.41) is 7.96. The van der Waals surface area contributed by atoms with E-state index >= 15 is 0 Å². The van der Waals surface area contributed by atoms with Crippen LogP contribution in [0, 0.1) is 11.3 Å². The van der Waals surface area contributed by atoms with Crippen molar-refractivity contribution in [3.05, 3.63) is 18.0 Å². The summed E-state index contributed by atoms with van der Waals surface area (Å²) in [5.41, 5.74) is 5.85. The molecule has 0 saturated carbocycles. The lowest BCUT2D eigenvalue weighted by Crippen LogP contribution is -2.13. The topological polar surface area (TPSA) is 75.7 Å². The maximum Gasteiger partial charge on any atom is 0.188 e. The lowest BCUT2D eigenvalue weighted by molar-refractivity contribution is 0.636. The van der Waals surface area contributed by atoms with Crippen molar-refractivity contribution in [2.45, 2.75) is 25.4 Å². The van der Waals surface area contributed by atoms with Crippen LogP contribution in [-0.4, -0.2) is 21.6 Å². The van der Waals surface area contributed by atoms with Crippen molar-refractivity contribution in [2.75, 3.05) is 5.75 Å². The van der Waals surface area contributed by atoms with Gasteiger partial charge in [0.25, 0.3) is 0 Å². The second-order valence-corrected chi connectivity index (χ2v) is 4.45. The number of nitrogens with one attached hydrogen (secondary N) is 1. The van der Waals surface area contributed by atoms with Crippen LogP contribution in [-0.2, 0) is 0 Å². The van der Waals surface area contributed by atoms with Gasteiger partial charge in [0.15, 0.2) is 5.16 Å². The predicted molar refractivity (Wildman–Crippen MR) is 63.2 cm³/mol. The lowest BCUT2D eigenvalue weighted by atomic mass is 10.2. The highest BCUT2D eigenvalue weighted by Crippen LogP contribution is 2.17. The van der Waals surface area contributed by atoms with E-state index in [2.05, 4.69) is 23.8 Å². The molecule has 1 atom stereocenters. The molecule has 0 radical (unpaired) electrons. The molecule has 15 heavy (non-hydrogen) atoms. The Morgan fingerprint density at radius 3 is 3.00 bits per heavy atom. The summed E-state index contributed by atoms with van der Waals surface area (Å²) in [7, 11) is 0. The van der Waals surface area contributed by atoms with Crippen molar-refractivity contribution in [1.82, 2.24) is 9.97 Å². The average Bonchev–Trinajstić information content (AvgIpc) is 2.26.